The number of hydrogen-bond acceptors (Lipinski definition) is 3. The monoisotopic (exact) mass is 385 g/mol. The van der Waals surface area contributed by atoms with Gasteiger partial charge in [0.2, 0.25) is 0 Å². The number of amides is 1. The van der Waals surface area contributed by atoms with Gasteiger partial charge in [0.25, 0.3) is 0 Å². The zero-order valence-electron chi connectivity index (χ0n) is 14.8. The molecule has 0 saturated heterocycles. The maximum atomic E-state index is 12.5. The fourth-order valence-corrected chi connectivity index (χ4v) is 2.80. The molecule has 0 N–H and O–H groups in total. The fraction of sp³-hybridized carbons (Fsp3) is 0.611. The van der Waals surface area contributed by atoms with Crippen LogP contribution in [0.5, 0.6) is 5.75 Å². The minimum Gasteiger partial charge on any atom is -0.495 e. The van der Waals surface area contributed by atoms with Crippen molar-refractivity contribution in [2.75, 3.05) is 13.7 Å². The van der Waals surface area contributed by atoms with Crippen molar-refractivity contribution < 1.29 is 14.3 Å². The summed E-state index contributed by atoms with van der Waals surface area (Å²) in [6.45, 7) is 8.95. The number of rotatable bonds is 7. The molecule has 0 heterocycles. The second kappa shape index (κ2) is 9.16. The first-order valence-electron chi connectivity index (χ1n) is 8.07. The van der Waals surface area contributed by atoms with E-state index < -0.39 is 5.60 Å². The smallest absolute Gasteiger partial charge is 0.410 e. The van der Waals surface area contributed by atoms with Gasteiger partial charge in [0, 0.05) is 12.1 Å². The van der Waals surface area contributed by atoms with Gasteiger partial charge in [-0.3, -0.25) is 0 Å². The number of halogens is 1. The Bertz CT molecular complexity index is 511. The molecule has 1 amide bonds. The van der Waals surface area contributed by atoms with Gasteiger partial charge >= 0.3 is 6.09 Å². The third kappa shape index (κ3) is 6.81. The highest BCUT2D eigenvalue weighted by Crippen LogP contribution is 2.30. The Balaban J connectivity index is 2.92. The third-order valence-electron chi connectivity index (χ3n) is 3.30. The lowest BCUT2D eigenvalue weighted by molar-refractivity contribution is 0.0229. The second-order valence-corrected chi connectivity index (χ2v) is 7.40. The van der Waals surface area contributed by atoms with Gasteiger partial charge in [-0.25, -0.2) is 4.79 Å². The molecule has 130 valence electrons. The van der Waals surface area contributed by atoms with E-state index in [2.05, 4.69) is 22.9 Å². The zero-order chi connectivity index (χ0) is 17.5. The lowest BCUT2D eigenvalue weighted by Crippen LogP contribution is -2.37. The topological polar surface area (TPSA) is 38.8 Å². The van der Waals surface area contributed by atoms with Crippen molar-refractivity contribution in [3.8, 4) is 5.75 Å². The molecule has 0 saturated carbocycles. The highest BCUT2D eigenvalue weighted by Gasteiger charge is 2.23. The van der Waals surface area contributed by atoms with Crippen molar-refractivity contribution in [1.82, 2.24) is 4.90 Å². The van der Waals surface area contributed by atoms with Gasteiger partial charge in [0.05, 0.1) is 18.1 Å². The summed E-state index contributed by atoms with van der Waals surface area (Å²) in [6, 6.07) is 5.85. The fourth-order valence-electron chi connectivity index (χ4n) is 2.23. The number of hydrogen-bond donors (Lipinski definition) is 0. The predicted octanol–water partition coefficient (Wildman–Crippen LogP) is 5.39. The SMILES string of the molecule is CCCCCN(Cc1cccc(Br)c1OC)C(=O)OC(C)(C)C. The molecule has 1 aromatic carbocycles. The van der Waals surface area contributed by atoms with E-state index in [0.717, 1.165) is 35.0 Å². The molecule has 0 atom stereocenters. The highest BCUT2D eigenvalue weighted by atomic mass is 79.9. The summed E-state index contributed by atoms with van der Waals surface area (Å²) >= 11 is 3.49. The molecule has 0 aromatic heterocycles. The molecule has 0 spiro atoms. The van der Waals surface area contributed by atoms with Crippen LogP contribution in [-0.2, 0) is 11.3 Å². The normalized spacial score (nSPS) is 11.2. The number of para-hydroxylation sites is 1. The van der Waals surface area contributed by atoms with Gasteiger partial charge in [0.1, 0.15) is 11.4 Å². The minimum atomic E-state index is -0.499. The number of carbonyl (C=O) groups is 1. The van der Waals surface area contributed by atoms with Crippen LogP contribution in [-0.4, -0.2) is 30.2 Å². The van der Waals surface area contributed by atoms with E-state index >= 15 is 0 Å². The van der Waals surface area contributed by atoms with Crippen LogP contribution >= 0.6 is 15.9 Å². The average Bonchev–Trinajstić information content (AvgIpc) is 2.44. The number of carbonyl (C=O) groups excluding carboxylic acids is 1. The summed E-state index contributed by atoms with van der Waals surface area (Å²) in [4.78, 5) is 14.2. The van der Waals surface area contributed by atoms with Gasteiger partial charge in [-0.15, -0.1) is 0 Å². The molecule has 0 aliphatic heterocycles. The number of nitrogens with zero attached hydrogens (tertiary/aromatic N) is 1. The Labute approximate surface area is 148 Å². The summed E-state index contributed by atoms with van der Waals surface area (Å²) in [5, 5.41) is 0. The molecule has 0 bridgehead atoms. The van der Waals surface area contributed by atoms with Crippen LogP contribution in [0.2, 0.25) is 0 Å². The van der Waals surface area contributed by atoms with Crippen molar-refractivity contribution in [1.29, 1.82) is 0 Å². The molecule has 0 unspecified atom stereocenters. The first-order chi connectivity index (χ1) is 10.8. The van der Waals surface area contributed by atoms with E-state index in [-0.39, 0.29) is 6.09 Å². The first kappa shape index (κ1) is 19.8. The van der Waals surface area contributed by atoms with E-state index in [0.29, 0.717) is 13.1 Å². The van der Waals surface area contributed by atoms with Crippen molar-refractivity contribution in [2.24, 2.45) is 0 Å². The third-order valence-corrected chi connectivity index (χ3v) is 3.92. The molecule has 5 heteroatoms. The maximum Gasteiger partial charge on any atom is 0.410 e. The molecule has 0 fully saturated rings. The summed E-state index contributed by atoms with van der Waals surface area (Å²) in [5.41, 5.74) is 0.464. The van der Waals surface area contributed by atoms with Crippen molar-refractivity contribution in [2.45, 2.75) is 59.1 Å². The maximum absolute atomic E-state index is 12.5. The largest absolute Gasteiger partial charge is 0.495 e. The molecular formula is C18H28BrNO3. The molecule has 23 heavy (non-hydrogen) atoms. The van der Waals surface area contributed by atoms with Crippen LogP contribution < -0.4 is 4.74 Å². The summed E-state index contributed by atoms with van der Waals surface area (Å²) in [6.07, 6.45) is 2.89. The van der Waals surface area contributed by atoms with E-state index in [1.54, 1.807) is 12.0 Å². The van der Waals surface area contributed by atoms with Crippen LogP contribution in [0.15, 0.2) is 22.7 Å². The molecular weight excluding hydrogens is 358 g/mol. The predicted molar refractivity (Wildman–Crippen MR) is 96.9 cm³/mol. The highest BCUT2D eigenvalue weighted by molar-refractivity contribution is 9.10. The second-order valence-electron chi connectivity index (χ2n) is 6.54. The molecule has 1 rings (SSSR count). The first-order valence-corrected chi connectivity index (χ1v) is 8.87. The average molecular weight is 386 g/mol. The lowest BCUT2D eigenvalue weighted by Gasteiger charge is -2.28. The van der Waals surface area contributed by atoms with Crippen molar-refractivity contribution in [3.63, 3.8) is 0 Å². The van der Waals surface area contributed by atoms with Crippen LogP contribution in [0.1, 0.15) is 52.5 Å². The number of methoxy groups -OCH3 is 1. The summed E-state index contributed by atoms with van der Waals surface area (Å²) in [5.74, 6) is 0.761. The standard InChI is InChI=1S/C18H28BrNO3/c1-6-7-8-12-20(17(21)23-18(2,3)4)13-14-10-9-11-15(19)16(14)22-5/h9-11H,6-8,12-13H2,1-5H3. The van der Waals surface area contributed by atoms with E-state index in [1.165, 1.54) is 0 Å². The zero-order valence-corrected chi connectivity index (χ0v) is 16.4. The van der Waals surface area contributed by atoms with Crippen LogP contribution in [0, 0.1) is 0 Å². The number of unbranched alkanes of at least 4 members (excludes halogenated alkanes) is 2. The van der Waals surface area contributed by atoms with Gasteiger partial charge in [-0.1, -0.05) is 31.9 Å². The van der Waals surface area contributed by atoms with Crippen LogP contribution in [0.4, 0.5) is 4.79 Å². The van der Waals surface area contributed by atoms with Crippen LogP contribution in [0.3, 0.4) is 0 Å². The van der Waals surface area contributed by atoms with Gasteiger partial charge in [-0.2, -0.15) is 0 Å². The quantitative estimate of drug-likeness (QED) is 0.590. The Hall–Kier alpha value is -1.23. The Morgan fingerprint density at radius 1 is 1.26 bits per heavy atom. The van der Waals surface area contributed by atoms with Crippen LogP contribution in [0.25, 0.3) is 0 Å². The van der Waals surface area contributed by atoms with Crippen molar-refractivity contribution >= 4 is 22.0 Å². The molecule has 4 nitrogen and oxygen atoms in total. The summed E-state index contributed by atoms with van der Waals surface area (Å²) in [7, 11) is 1.64. The molecule has 0 aliphatic rings. The summed E-state index contributed by atoms with van der Waals surface area (Å²) < 4.78 is 11.9. The Kier molecular flexibility index (Phi) is 7.89. The lowest BCUT2D eigenvalue weighted by atomic mass is 10.1. The van der Waals surface area contributed by atoms with Crippen molar-refractivity contribution in [3.05, 3.63) is 28.2 Å². The number of benzene rings is 1. The number of ether oxygens (including phenoxy) is 2. The van der Waals surface area contributed by atoms with E-state index in [1.807, 2.05) is 39.0 Å². The molecule has 0 aliphatic carbocycles. The van der Waals surface area contributed by atoms with Gasteiger partial charge in [0.15, 0.2) is 0 Å². The van der Waals surface area contributed by atoms with E-state index in [4.69, 9.17) is 9.47 Å². The van der Waals surface area contributed by atoms with Gasteiger partial charge in [-0.05, 0) is 49.2 Å². The Morgan fingerprint density at radius 2 is 1.96 bits per heavy atom. The minimum absolute atomic E-state index is 0.282. The molecule has 1 aromatic rings. The Morgan fingerprint density at radius 3 is 2.52 bits per heavy atom. The molecule has 0 radical (unpaired) electrons. The van der Waals surface area contributed by atoms with Gasteiger partial charge < -0.3 is 14.4 Å². The van der Waals surface area contributed by atoms with E-state index in [9.17, 15) is 4.79 Å².